The summed E-state index contributed by atoms with van der Waals surface area (Å²) in [5.41, 5.74) is 1.03. The van der Waals surface area contributed by atoms with E-state index in [1.165, 1.54) is 0 Å². The number of hydrogen-bond donors (Lipinski definition) is 3. The molecule has 1 aliphatic rings. The zero-order chi connectivity index (χ0) is 14.7. The van der Waals surface area contributed by atoms with Crippen LogP contribution in [0, 0.1) is 5.92 Å². The lowest BCUT2D eigenvalue weighted by atomic mass is 10.1. The van der Waals surface area contributed by atoms with Crippen molar-refractivity contribution in [3.8, 4) is 5.75 Å². The van der Waals surface area contributed by atoms with Crippen molar-refractivity contribution >= 4 is 11.9 Å². The number of carboxylic acids is 1. The van der Waals surface area contributed by atoms with Crippen LogP contribution in [0.5, 0.6) is 5.75 Å². The maximum Gasteiger partial charge on any atom is 0.328 e. The fraction of sp³-hybridized carbons (Fsp3) is 0.429. The number of aliphatic carboxylic acids is 1. The minimum atomic E-state index is -1.24. The van der Waals surface area contributed by atoms with Gasteiger partial charge in [-0.3, -0.25) is 4.79 Å². The van der Waals surface area contributed by atoms with Crippen LogP contribution in [0.1, 0.15) is 17.9 Å². The SMILES string of the molecule is COc1ccc(C2CC2C(=O)NC(CO)C(=O)O)cc1. The quantitative estimate of drug-likeness (QED) is 0.699. The van der Waals surface area contributed by atoms with E-state index in [0.29, 0.717) is 6.42 Å². The van der Waals surface area contributed by atoms with Crippen molar-refractivity contribution in [2.75, 3.05) is 13.7 Å². The van der Waals surface area contributed by atoms with E-state index in [4.69, 9.17) is 14.9 Å². The number of carboxylic acid groups (broad SMARTS) is 1. The largest absolute Gasteiger partial charge is 0.497 e. The maximum atomic E-state index is 11.9. The zero-order valence-corrected chi connectivity index (χ0v) is 11.1. The first-order valence-corrected chi connectivity index (χ1v) is 6.34. The van der Waals surface area contributed by atoms with E-state index in [9.17, 15) is 9.59 Å². The van der Waals surface area contributed by atoms with Gasteiger partial charge >= 0.3 is 5.97 Å². The van der Waals surface area contributed by atoms with Crippen molar-refractivity contribution in [1.82, 2.24) is 5.32 Å². The Kier molecular flexibility index (Phi) is 4.24. The van der Waals surface area contributed by atoms with Crippen LogP contribution in [0.15, 0.2) is 24.3 Å². The minimum absolute atomic E-state index is 0.106. The van der Waals surface area contributed by atoms with Gasteiger partial charge in [0.25, 0.3) is 0 Å². The van der Waals surface area contributed by atoms with E-state index in [1.54, 1.807) is 7.11 Å². The number of benzene rings is 1. The lowest BCUT2D eigenvalue weighted by Crippen LogP contribution is -2.44. The van der Waals surface area contributed by atoms with Gasteiger partial charge in [-0.05, 0) is 30.0 Å². The third-order valence-corrected chi connectivity index (χ3v) is 3.47. The third-order valence-electron chi connectivity index (χ3n) is 3.47. The number of methoxy groups -OCH3 is 1. The van der Waals surface area contributed by atoms with Crippen molar-refractivity contribution in [1.29, 1.82) is 0 Å². The summed E-state index contributed by atoms with van der Waals surface area (Å²) in [7, 11) is 1.59. The van der Waals surface area contributed by atoms with Gasteiger partial charge in [0.15, 0.2) is 0 Å². The van der Waals surface area contributed by atoms with Crippen molar-refractivity contribution < 1.29 is 24.5 Å². The summed E-state index contributed by atoms with van der Waals surface area (Å²) in [6.07, 6.45) is 0.690. The van der Waals surface area contributed by atoms with Gasteiger partial charge in [0.2, 0.25) is 5.91 Å². The molecule has 1 fully saturated rings. The smallest absolute Gasteiger partial charge is 0.328 e. The molecular formula is C14H17NO5. The first-order chi connectivity index (χ1) is 9.56. The number of hydrogen-bond acceptors (Lipinski definition) is 4. The highest BCUT2D eigenvalue weighted by atomic mass is 16.5. The maximum absolute atomic E-state index is 11.9. The van der Waals surface area contributed by atoms with E-state index in [-0.39, 0.29) is 17.7 Å². The standard InChI is InChI=1S/C14H17NO5/c1-20-9-4-2-8(3-5-9)10-6-11(10)13(17)15-12(7-16)14(18)19/h2-5,10-12,16H,6-7H2,1H3,(H,15,17)(H,18,19). The van der Waals surface area contributed by atoms with Crippen LogP contribution < -0.4 is 10.1 Å². The molecule has 0 bridgehead atoms. The molecule has 6 nitrogen and oxygen atoms in total. The molecule has 3 unspecified atom stereocenters. The van der Waals surface area contributed by atoms with Crippen molar-refractivity contribution in [3.05, 3.63) is 29.8 Å². The molecule has 1 aromatic carbocycles. The van der Waals surface area contributed by atoms with Crippen molar-refractivity contribution in [2.24, 2.45) is 5.92 Å². The monoisotopic (exact) mass is 279 g/mol. The molecule has 1 aromatic rings. The summed E-state index contributed by atoms with van der Waals surface area (Å²) in [5.74, 6) is -0.928. The Morgan fingerprint density at radius 3 is 2.55 bits per heavy atom. The minimum Gasteiger partial charge on any atom is -0.497 e. The molecule has 108 valence electrons. The van der Waals surface area contributed by atoms with Crippen LogP contribution in [0.25, 0.3) is 0 Å². The summed E-state index contributed by atoms with van der Waals surface area (Å²) in [6, 6.07) is 6.22. The molecule has 1 amide bonds. The van der Waals surface area contributed by atoms with E-state index >= 15 is 0 Å². The van der Waals surface area contributed by atoms with Gasteiger partial charge in [-0.2, -0.15) is 0 Å². The predicted octanol–water partition coefficient (Wildman–Crippen LogP) is 0.360. The summed E-state index contributed by atoms with van der Waals surface area (Å²) in [5, 5.41) is 20.0. The molecule has 0 saturated heterocycles. The summed E-state index contributed by atoms with van der Waals surface area (Å²) in [6.45, 7) is -0.610. The van der Waals surface area contributed by atoms with Gasteiger partial charge in [0, 0.05) is 5.92 Å². The van der Waals surface area contributed by atoms with Crippen LogP contribution >= 0.6 is 0 Å². The van der Waals surface area contributed by atoms with Gasteiger partial charge < -0.3 is 20.3 Å². The zero-order valence-electron chi connectivity index (χ0n) is 11.1. The number of ether oxygens (including phenoxy) is 1. The Hall–Kier alpha value is -2.08. The highest BCUT2D eigenvalue weighted by Crippen LogP contribution is 2.47. The van der Waals surface area contributed by atoms with Gasteiger partial charge in [-0.25, -0.2) is 4.79 Å². The molecule has 0 aromatic heterocycles. The number of carbonyl (C=O) groups excluding carboxylic acids is 1. The highest BCUT2D eigenvalue weighted by molar-refractivity contribution is 5.87. The second-order valence-corrected chi connectivity index (χ2v) is 4.80. The molecule has 1 saturated carbocycles. The lowest BCUT2D eigenvalue weighted by molar-refractivity contribution is -0.143. The Morgan fingerprint density at radius 2 is 2.05 bits per heavy atom. The van der Waals surface area contributed by atoms with Crippen LogP contribution in [0.4, 0.5) is 0 Å². The average Bonchev–Trinajstić information content (AvgIpc) is 3.24. The number of nitrogens with one attached hydrogen (secondary N) is 1. The predicted molar refractivity (Wildman–Crippen MR) is 70.5 cm³/mol. The first kappa shape index (κ1) is 14.3. The summed E-state index contributed by atoms with van der Waals surface area (Å²) >= 11 is 0. The van der Waals surface area contributed by atoms with Crippen LogP contribution in [-0.2, 0) is 9.59 Å². The Bertz CT molecular complexity index is 499. The fourth-order valence-corrected chi connectivity index (χ4v) is 2.17. The van der Waals surface area contributed by atoms with E-state index < -0.39 is 18.6 Å². The number of aliphatic hydroxyl groups excluding tert-OH is 1. The van der Waals surface area contributed by atoms with Crippen LogP contribution in [-0.4, -0.2) is 41.8 Å². The summed E-state index contributed by atoms with van der Waals surface area (Å²) in [4.78, 5) is 22.6. The molecule has 0 aliphatic heterocycles. The number of amides is 1. The number of rotatable bonds is 6. The Morgan fingerprint density at radius 1 is 1.40 bits per heavy atom. The molecule has 0 spiro atoms. The molecule has 6 heteroatoms. The lowest BCUT2D eigenvalue weighted by Gasteiger charge is -2.11. The Labute approximate surface area is 116 Å². The van der Waals surface area contributed by atoms with Gasteiger partial charge in [0.1, 0.15) is 11.8 Å². The molecule has 0 radical (unpaired) electrons. The Balaban J connectivity index is 1.93. The van der Waals surface area contributed by atoms with Gasteiger partial charge in [-0.15, -0.1) is 0 Å². The number of carbonyl (C=O) groups is 2. The van der Waals surface area contributed by atoms with E-state index in [1.807, 2.05) is 24.3 Å². The summed E-state index contributed by atoms with van der Waals surface area (Å²) < 4.78 is 5.06. The molecule has 3 atom stereocenters. The second kappa shape index (κ2) is 5.92. The van der Waals surface area contributed by atoms with Crippen molar-refractivity contribution in [3.63, 3.8) is 0 Å². The molecule has 1 aliphatic carbocycles. The van der Waals surface area contributed by atoms with E-state index in [0.717, 1.165) is 11.3 Å². The first-order valence-electron chi connectivity index (χ1n) is 6.34. The average molecular weight is 279 g/mol. The van der Waals surface area contributed by atoms with Crippen LogP contribution in [0.2, 0.25) is 0 Å². The fourth-order valence-electron chi connectivity index (χ4n) is 2.17. The number of aliphatic hydroxyl groups is 1. The topological polar surface area (TPSA) is 95.9 Å². The third kappa shape index (κ3) is 3.08. The molecule has 20 heavy (non-hydrogen) atoms. The van der Waals surface area contributed by atoms with Crippen molar-refractivity contribution in [2.45, 2.75) is 18.4 Å². The van der Waals surface area contributed by atoms with Crippen LogP contribution in [0.3, 0.4) is 0 Å². The normalized spacial score (nSPS) is 21.9. The van der Waals surface area contributed by atoms with Gasteiger partial charge in [-0.1, -0.05) is 12.1 Å². The molecule has 0 heterocycles. The van der Waals surface area contributed by atoms with Gasteiger partial charge in [0.05, 0.1) is 13.7 Å². The second-order valence-electron chi connectivity index (χ2n) is 4.80. The highest BCUT2D eigenvalue weighted by Gasteiger charge is 2.44. The van der Waals surface area contributed by atoms with E-state index in [2.05, 4.69) is 5.32 Å². The molecule has 2 rings (SSSR count). The molecule has 3 N–H and O–H groups in total. The molecular weight excluding hydrogens is 262 g/mol.